The highest BCUT2D eigenvalue weighted by molar-refractivity contribution is 7.78. The third-order valence-electron chi connectivity index (χ3n) is 2.14. The van der Waals surface area contributed by atoms with Crippen LogP contribution in [0.1, 0.15) is 11.3 Å². The van der Waals surface area contributed by atoms with Crippen molar-refractivity contribution in [2.45, 2.75) is 10.2 Å². The van der Waals surface area contributed by atoms with Gasteiger partial charge in [-0.1, -0.05) is 40.9 Å². The van der Waals surface area contributed by atoms with Crippen molar-refractivity contribution >= 4 is 45.8 Å². The molecule has 1 heterocycles. The summed E-state index contributed by atoms with van der Waals surface area (Å²) in [6, 6.07) is 3.38. The maximum Gasteiger partial charge on any atom is 0.464 e. The number of rotatable bonds is 3. The highest BCUT2D eigenvalue weighted by Crippen LogP contribution is 2.36. The van der Waals surface area contributed by atoms with Gasteiger partial charge in [-0.05, 0) is 17.9 Å². The summed E-state index contributed by atoms with van der Waals surface area (Å²) in [6.45, 7) is 0.356. The van der Waals surface area contributed by atoms with Crippen LogP contribution in [0.5, 0.6) is 0 Å². The molecule has 4 nitrogen and oxygen atoms in total. The number of pyridine rings is 1. The molecule has 1 aromatic heterocycles. The lowest BCUT2D eigenvalue weighted by atomic mass is 10.2. The minimum atomic E-state index is -1.54. The maximum atomic E-state index is 11.1. The van der Waals surface area contributed by atoms with Crippen LogP contribution in [0, 0.1) is 11.5 Å². The summed E-state index contributed by atoms with van der Waals surface area (Å²) in [7, 11) is -1.31. The van der Waals surface area contributed by atoms with Gasteiger partial charge in [0.25, 0.3) is 0 Å². The Labute approximate surface area is 123 Å². The maximum absolute atomic E-state index is 11.1. The van der Waals surface area contributed by atoms with Gasteiger partial charge in [-0.15, -0.1) is 11.0 Å². The van der Waals surface area contributed by atoms with E-state index in [4.69, 9.17) is 40.1 Å². The molecule has 0 aliphatic rings. The number of nitriles is 1. The van der Waals surface area contributed by atoms with E-state index in [9.17, 15) is 4.55 Å². The first-order chi connectivity index (χ1) is 8.34. The first-order valence-corrected chi connectivity index (χ1v) is 7.52. The highest BCUT2D eigenvalue weighted by Gasteiger charge is 2.24. The predicted molar refractivity (Wildman–Crippen MR) is 72.0 cm³/mol. The van der Waals surface area contributed by atoms with Crippen molar-refractivity contribution in [1.82, 2.24) is 4.98 Å². The minimum Gasteiger partial charge on any atom is -0.772 e. The van der Waals surface area contributed by atoms with Gasteiger partial charge in [0, 0.05) is 12.6 Å². The average molecular weight is 327 g/mol. The zero-order chi connectivity index (χ0) is 13.8. The quantitative estimate of drug-likeness (QED) is 0.371. The molecule has 0 spiro atoms. The van der Waals surface area contributed by atoms with Crippen LogP contribution < -0.4 is 0 Å². The molecule has 0 aromatic carbocycles. The van der Waals surface area contributed by atoms with Gasteiger partial charge in [0.05, 0.1) is 5.69 Å². The van der Waals surface area contributed by atoms with Crippen LogP contribution in [0.4, 0.5) is 0 Å². The van der Waals surface area contributed by atoms with Crippen LogP contribution in [0.2, 0.25) is 0 Å². The SMILES string of the molecule is CS([O-])=[N+](C#N)CCc1ccc(C(Cl)(Cl)Cl)nc1. The summed E-state index contributed by atoms with van der Waals surface area (Å²) >= 11 is 17.0. The first kappa shape index (κ1) is 15.7. The van der Waals surface area contributed by atoms with Crippen molar-refractivity contribution in [3.8, 4) is 6.19 Å². The van der Waals surface area contributed by atoms with Crippen LogP contribution in [0.3, 0.4) is 0 Å². The minimum absolute atomic E-state index is 0.340. The Morgan fingerprint density at radius 2 is 2.17 bits per heavy atom. The third kappa shape index (κ3) is 4.71. The van der Waals surface area contributed by atoms with Gasteiger partial charge in [-0.2, -0.15) is 3.95 Å². The van der Waals surface area contributed by atoms with E-state index in [-0.39, 0.29) is 0 Å². The fourth-order valence-corrected chi connectivity index (χ4v) is 2.01. The molecule has 0 aliphatic carbocycles. The van der Waals surface area contributed by atoms with Crippen molar-refractivity contribution in [2.75, 3.05) is 12.8 Å². The van der Waals surface area contributed by atoms with Gasteiger partial charge < -0.3 is 4.55 Å². The second kappa shape index (κ2) is 6.69. The Morgan fingerprint density at radius 1 is 1.50 bits per heavy atom. The number of hydrogen-bond donors (Lipinski definition) is 0. The normalized spacial score (nSPS) is 13.9. The van der Waals surface area contributed by atoms with Crippen LogP contribution in [0.25, 0.3) is 0 Å². The summed E-state index contributed by atoms with van der Waals surface area (Å²) < 4.78 is 10.8. The van der Waals surface area contributed by atoms with Gasteiger partial charge in [0.2, 0.25) is 3.79 Å². The summed E-state index contributed by atoms with van der Waals surface area (Å²) in [5.41, 5.74) is 1.21. The molecular weight excluding hydrogens is 317 g/mol. The van der Waals surface area contributed by atoms with E-state index in [0.717, 1.165) is 5.56 Å². The van der Waals surface area contributed by atoms with E-state index >= 15 is 0 Å². The van der Waals surface area contributed by atoms with Gasteiger partial charge in [0.1, 0.15) is 6.54 Å². The summed E-state index contributed by atoms with van der Waals surface area (Å²) in [5, 5.41) is 8.74. The smallest absolute Gasteiger partial charge is 0.464 e. The number of aromatic nitrogens is 1. The molecule has 0 saturated carbocycles. The molecule has 0 bridgehead atoms. The van der Waals surface area contributed by atoms with Gasteiger partial charge in [-0.3, -0.25) is 4.98 Å². The molecule has 0 amide bonds. The molecule has 1 unspecified atom stereocenters. The van der Waals surface area contributed by atoms with Crippen LogP contribution in [0.15, 0.2) is 18.3 Å². The van der Waals surface area contributed by atoms with Crippen molar-refractivity contribution < 1.29 is 8.50 Å². The Hall–Kier alpha value is -0.380. The fourth-order valence-electron chi connectivity index (χ4n) is 1.21. The van der Waals surface area contributed by atoms with Crippen molar-refractivity contribution in [2.24, 2.45) is 0 Å². The summed E-state index contributed by atoms with van der Waals surface area (Å²) in [5.74, 6) is 0. The Bertz CT molecular complexity index is 487. The fraction of sp³-hybridized carbons (Fsp3) is 0.400. The Morgan fingerprint density at radius 3 is 2.56 bits per heavy atom. The molecule has 0 N–H and O–H groups in total. The number of alkyl halides is 3. The largest absolute Gasteiger partial charge is 0.772 e. The van der Waals surface area contributed by atoms with Crippen LogP contribution in [-0.4, -0.2) is 26.3 Å². The van der Waals surface area contributed by atoms with Crippen LogP contribution in [-0.2, 0) is 21.2 Å². The number of halogens is 3. The van der Waals surface area contributed by atoms with Crippen molar-refractivity contribution in [1.29, 1.82) is 5.26 Å². The second-order valence-corrected chi connectivity index (χ2v) is 6.99. The van der Waals surface area contributed by atoms with Crippen molar-refractivity contribution in [3.63, 3.8) is 0 Å². The van der Waals surface area contributed by atoms with E-state index in [0.29, 0.717) is 18.7 Å². The molecule has 0 saturated heterocycles. The second-order valence-electron chi connectivity index (χ2n) is 3.43. The molecule has 18 heavy (non-hydrogen) atoms. The lowest BCUT2D eigenvalue weighted by molar-refractivity contribution is -0.414. The van der Waals surface area contributed by atoms with Gasteiger partial charge in [0.15, 0.2) is 5.26 Å². The average Bonchev–Trinajstić information content (AvgIpc) is 2.29. The lowest BCUT2D eigenvalue weighted by Crippen LogP contribution is -2.14. The number of hydrogen-bond acceptors (Lipinski definition) is 3. The standard InChI is InChI=1S/C10H10Cl3N3OS/c1-18(17)16(7-14)5-4-8-2-3-9(15-6-8)10(11,12)13/h2-3,6H,4-5H2,1H3. The highest BCUT2D eigenvalue weighted by atomic mass is 35.6. The number of nitrogens with zero attached hydrogens (tertiary/aromatic N) is 3. The molecule has 8 heteroatoms. The van der Waals surface area contributed by atoms with E-state index in [1.807, 2.05) is 6.19 Å². The molecular formula is C10H10Cl3N3OS. The van der Waals surface area contributed by atoms with E-state index in [2.05, 4.69) is 4.98 Å². The molecule has 98 valence electrons. The summed E-state index contributed by atoms with van der Waals surface area (Å²) in [4.78, 5) is 4.03. The zero-order valence-corrected chi connectivity index (χ0v) is 12.5. The molecule has 1 atom stereocenters. The van der Waals surface area contributed by atoms with Gasteiger partial charge >= 0.3 is 6.19 Å². The topological polar surface area (TPSA) is 62.8 Å². The van der Waals surface area contributed by atoms with E-state index < -0.39 is 14.8 Å². The lowest BCUT2D eigenvalue weighted by Gasteiger charge is -2.10. The molecule has 1 rings (SSSR count). The molecule has 0 fully saturated rings. The molecule has 0 aliphatic heterocycles. The predicted octanol–water partition coefficient (Wildman–Crippen LogP) is 2.51. The zero-order valence-electron chi connectivity index (χ0n) is 9.44. The molecule has 0 radical (unpaired) electrons. The summed E-state index contributed by atoms with van der Waals surface area (Å²) in [6.07, 6.45) is 5.43. The Balaban J connectivity index is 2.72. The Kier molecular flexibility index (Phi) is 5.83. The molecule has 1 aromatic rings. The van der Waals surface area contributed by atoms with E-state index in [1.165, 1.54) is 10.2 Å². The monoisotopic (exact) mass is 325 g/mol. The van der Waals surface area contributed by atoms with E-state index in [1.54, 1.807) is 18.3 Å². The van der Waals surface area contributed by atoms with Gasteiger partial charge in [-0.25, -0.2) is 0 Å². The third-order valence-corrected chi connectivity index (χ3v) is 3.61. The van der Waals surface area contributed by atoms with Crippen molar-refractivity contribution in [3.05, 3.63) is 29.6 Å². The van der Waals surface area contributed by atoms with Crippen LogP contribution >= 0.6 is 34.8 Å². The first-order valence-electron chi connectivity index (χ1n) is 4.87.